The van der Waals surface area contributed by atoms with Crippen LogP contribution in [0.4, 0.5) is 5.69 Å². The molecule has 1 amide bonds. The molecule has 2 N–H and O–H groups in total. The molecule has 0 radical (unpaired) electrons. The van der Waals surface area contributed by atoms with E-state index in [4.69, 9.17) is 4.74 Å². The maximum atomic E-state index is 11.8. The van der Waals surface area contributed by atoms with Crippen LogP contribution in [0, 0.1) is 0 Å². The third-order valence-corrected chi connectivity index (χ3v) is 2.72. The largest absolute Gasteiger partial charge is 0.377 e. The molecular formula is C16H24N2O2. The molecule has 1 aromatic carbocycles. The normalized spacial score (nSPS) is 10.2. The Labute approximate surface area is 121 Å². The van der Waals surface area contributed by atoms with Gasteiger partial charge >= 0.3 is 0 Å². The van der Waals surface area contributed by atoms with Crippen molar-refractivity contribution in [2.24, 2.45) is 0 Å². The summed E-state index contributed by atoms with van der Waals surface area (Å²) in [4.78, 5) is 11.8. The van der Waals surface area contributed by atoms with E-state index in [0.29, 0.717) is 19.6 Å². The molecule has 0 aromatic heterocycles. The Bertz CT molecular complexity index is 419. The third kappa shape index (κ3) is 7.07. The maximum absolute atomic E-state index is 11.8. The smallest absolute Gasteiger partial charge is 0.224 e. The first-order chi connectivity index (χ1) is 9.76. The number of ether oxygens (including phenoxy) is 1. The molecule has 0 atom stereocenters. The van der Waals surface area contributed by atoms with Gasteiger partial charge in [0.25, 0.3) is 0 Å². The minimum absolute atomic E-state index is 0.0211. The molecule has 0 saturated heterocycles. The van der Waals surface area contributed by atoms with Gasteiger partial charge in [-0.25, -0.2) is 0 Å². The van der Waals surface area contributed by atoms with E-state index in [-0.39, 0.29) is 5.91 Å². The van der Waals surface area contributed by atoms with Crippen LogP contribution in [0.1, 0.15) is 25.3 Å². The summed E-state index contributed by atoms with van der Waals surface area (Å²) < 4.78 is 5.24. The highest BCUT2D eigenvalue weighted by atomic mass is 16.5. The van der Waals surface area contributed by atoms with E-state index < -0.39 is 0 Å². The van der Waals surface area contributed by atoms with Crippen LogP contribution < -0.4 is 10.6 Å². The monoisotopic (exact) mass is 276 g/mol. The second-order valence-electron chi connectivity index (χ2n) is 4.50. The molecule has 0 heterocycles. The number of anilines is 1. The van der Waals surface area contributed by atoms with Crippen LogP contribution in [-0.2, 0) is 16.1 Å². The van der Waals surface area contributed by atoms with Gasteiger partial charge in [0.05, 0.1) is 6.61 Å². The minimum atomic E-state index is 0.0211. The molecule has 4 heteroatoms. The molecule has 1 rings (SSSR count). The predicted octanol–water partition coefficient (Wildman–Crippen LogP) is 2.72. The number of nitrogens with one attached hydrogen (secondary N) is 2. The summed E-state index contributed by atoms with van der Waals surface area (Å²) >= 11 is 0. The van der Waals surface area contributed by atoms with Crippen LogP contribution in [0.25, 0.3) is 0 Å². The third-order valence-electron chi connectivity index (χ3n) is 2.72. The molecule has 0 aliphatic heterocycles. The summed E-state index contributed by atoms with van der Waals surface area (Å²) in [5, 5.41) is 6.17. The van der Waals surface area contributed by atoms with Crippen LogP contribution in [0.2, 0.25) is 0 Å². The van der Waals surface area contributed by atoms with Gasteiger partial charge in [-0.3, -0.25) is 4.79 Å². The van der Waals surface area contributed by atoms with Crippen molar-refractivity contribution in [3.05, 3.63) is 42.5 Å². The second kappa shape index (κ2) is 10.2. The predicted molar refractivity (Wildman–Crippen MR) is 82.7 cm³/mol. The van der Waals surface area contributed by atoms with Gasteiger partial charge in [0.15, 0.2) is 0 Å². The van der Waals surface area contributed by atoms with Crippen molar-refractivity contribution < 1.29 is 9.53 Å². The number of benzene rings is 1. The molecule has 110 valence electrons. The zero-order valence-corrected chi connectivity index (χ0v) is 12.2. The van der Waals surface area contributed by atoms with E-state index in [2.05, 4.69) is 24.1 Å². The van der Waals surface area contributed by atoms with Gasteiger partial charge in [-0.15, -0.1) is 6.58 Å². The Hall–Kier alpha value is -1.65. The van der Waals surface area contributed by atoms with Gasteiger partial charge in [-0.2, -0.15) is 0 Å². The molecular weight excluding hydrogens is 252 g/mol. The Morgan fingerprint density at radius 1 is 1.45 bits per heavy atom. The van der Waals surface area contributed by atoms with Crippen molar-refractivity contribution in [3.63, 3.8) is 0 Å². The van der Waals surface area contributed by atoms with Crippen LogP contribution in [0.3, 0.4) is 0 Å². The lowest BCUT2D eigenvalue weighted by molar-refractivity contribution is -0.116. The maximum Gasteiger partial charge on any atom is 0.224 e. The van der Waals surface area contributed by atoms with E-state index >= 15 is 0 Å². The zero-order valence-electron chi connectivity index (χ0n) is 12.2. The molecule has 4 nitrogen and oxygen atoms in total. The average molecular weight is 276 g/mol. The van der Waals surface area contributed by atoms with Crippen LogP contribution in [-0.4, -0.2) is 25.7 Å². The van der Waals surface area contributed by atoms with Crippen LogP contribution >= 0.6 is 0 Å². The molecule has 0 spiro atoms. The molecule has 0 aliphatic rings. The lowest BCUT2D eigenvalue weighted by Gasteiger charge is -2.08. The Kier molecular flexibility index (Phi) is 8.35. The molecule has 0 bridgehead atoms. The summed E-state index contributed by atoms with van der Waals surface area (Å²) in [7, 11) is 0. The fourth-order valence-corrected chi connectivity index (χ4v) is 1.75. The fourth-order valence-electron chi connectivity index (χ4n) is 1.75. The first kappa shape index (κ1) is 16.4. The van der Waals surface area contributed by atoms with Crippen LogP contribution in [0.15, 0.2) is 36.9 Å². The highest BCUT2D eigenvalue weighted by molar-refractivity contribution is 5.90. The summed E-state index contributed by atoms with van der Waals surface area (Å²) in [6.45, 7) is 8.50. The Morgan fingerprint density at radius 2 is 2.30 bits per heavy atom. The molecule has 0 unspecified atom stereocenters. The standard InChI is InChI=1S/C16H24N2O2/c1-3-10-20-11-6-9-16(19)18-15-8-5-7-14(12-15)13-17-4-2/h3,5,7-8,12,17H,1,4,6,9-11,13H2,2H3,(H,18,19). The number of amides is 1. The first-order valence-corrected chi connectivity index (χ1v) is 7.04. The lowest BCUT2D eigenvalue weighted by Crippen LogP contribution is -2.14. The number of hydrogen-bond donors (Lipinski definition) is 2. The van der Waals surface area contributed by atoms with E-state index in [9.17, 15) is 4.79 Å². The average Bonchev–Trinajstić information content (AvgIpc) is 2.45. The number of carbonyl (C=O) groups is 1. The molecule has 0 fully saturated rings. The van der Waals surface area contributed by atoms with Crippen molar-refractivity contribution in [2.45, 2.75) is 26.3 Å². The van der Waals surface area contributed by atoms with Crippen LogP contribution in [0.5, 0.6) is 0 Å². The topological polar surface area (TPSA) is 50.4 Å². The summed E-state index contributed by atoms with van der Waals surface area (Å²) in [5.41, 5.74) is 2.01. The quantitative estimate of drug-likeness (QED) is 0.510. The number of hydrogen-bond acceptors (Lipinski definition) is 3. The Balaban J connectivity index is 2.31. The lowest BCUT2D eigenvalue weighted by atomic mass is 10.2. The van der Waals surface area contributed by atoms with E-state index in [0.717, 1.165) is 25.2 Å². The number of carbonyl (C=O) groups excluding carboxylic acids is 1. The van der Waals surface area contributed by atoms with Gasteiger partial charge in [-0.1, -0.05) is 25.1 Å². The van der Waals surface area contributed by atoms with Gasteiger partial charge < -0.3 is 15.4 Å². The Morgan fingerprint density at radius 3 is 3.05 bits per heavy atom. The molecule has 1 aromatic rings. The zero-order chi connectivity index (χ0) is 14.6. The van der Waals surface area contributed by atoms with Crippen molar-refractivity contribution in [1.82, 2.24) is 5.32 Å². The van der Waals surface area contributed by atoms with Crippen molar-refractivity contribution in [3.8, 4) is 0 Å². The summed E-state index contributed by atoms with van der Waals surface area (Å²) in [6.07, 6.45) is 2.89. The van der Waals surface area contributed by atoms with Crippen molar-refractivity contribution >= 4 is 11.6 Å². The molecule has 0 saturated carbocycles. The van der Waals surface area contributed by atoms with E-state index in [1.54, 1.807) is 6.08 Å². The van der Waals surface area contributed by atoms with Gasteiger partial charge in [0, 0.05) is 25.3 Å². The highest BCUT2D eigenvalue weighted by Crippen LogP contribution is 2.11. The summed E-state index contributed by atoms with van der Waals surface area (Å²) in [6, 6.07) is 7.90. The second-order valence-corrected chi connectivity index (χ2v) is 4.50. The minimum Gasteiger partial charge on any atom is -0.377 e. The van der Waals surface area contributed by atoms with Crippen molar-refractivity contribution in [2.75, 3.05) is 25.1 Å². The molecule has 0 aliphatic carbocycles. The SMILES string of the molecule is C=CCOCCCC(=O)Nc1cccc(CNCC)c1. The van der Waals surface area contributed by atoms with E-state index in [1.165, 1.54) is 5.56 Å². The van der Waals surface area contributed by atoms with Gasteiger partial charge in [0.2, 0.25) is 5.91 Å². The fraction of sp³-hybridized carbons (Fsp3) is 0.438. The summed E-state index contributed by atoms with van der Waals surface area (Å²) in [5.74, 6) is 0.0211. The van der Waals surface area contributed by atoms with Gasteiger partial charge in [0.1, 0.15) is 0 Å². The first-order valence-electron chi connectivity index (χ1n) is 7.04. The van der Waals surface area contributed by atoms with Crippen molar-refractivity contribution in [1.29, 1.82) is 0 Å². The highest BCUT2D eigenvalue weighted by Gasteiger charge is 2.03. The van der Waals surface area contributed by atoms with E-state index in [1.807, 2.05) is 24.3 Å². The molecule has 20 heavy (non-hydrogen) atoms. The van der Waals surface area contributed by atoms with Gasteiger partial charge in [-0.05, 0) is 30.7 Å². The number of rotatable bonds is 10.